The largest absolute Gasteiger partial charge is 0.385 e. The summed E-state index contributed by atoms with van der Waals surface area (Å²) in [5.41, 5.74) is 0.861. The number of ether oxygens (including phenoxy) is 1. The van der Waals surface area contributed by atoms with Crippen LogP contribution < -0.4 is 0 Å². The average molecular weight is 436 g/mol. The van der Waals surface area contributed by atoms with E-state index in [0.717, 1.165) is 48.2 Å². The molecule has 0 aliphatic heterocycles. The van der Waals surface area contributed by atoms with Gasteiger partial charge in [-0.1, -0.05) is 54.5 Å². The first kappa shape index (κ1) is 21.8. The predicted molar refractivity (Wildman–Crippen MR) is 114 cm³/mol. The van der Waals surface area contributed by atoms with Crippen molar-refractivity contribution in [1.82, 2.24) is 24.9 Å². The number of nitrogens with zero attached hydrogens (tertiary/aromatic N) is 5. The monoisotopic (exact) mass is 435 g/mol. The number of rotatable bonds is 11. The zero-order valence-electron chi connectivity index (χ0n) is 17.0. The van der Waals surface area contributed by atoms with E-state index < -0.39 is 0 Å². The van der Waals surface area contributed by atoms with Crippen LogP contribution in [0.15, 0.2) is 33.9 Å². The molecule has 0 unspecified atom stereocenters. The summed E-state index contributed by atoms with van der Waals surface area (Å²) >= 11 is 7.91. The van der Waals surface area contributed by atoms with Crippen LogP contribution in [-0.4, -0.2) is 38.6 Å². The highest BCUT2D eigenvalue weighted by Crippen LogP contribution is 2.30. The fraction of sp³-hybridized carbons (Fsp3) is 0.500. The van der Waals surface area contributed by atoms with Crippen molar-refractivity contribution in [2.45, 2.75) is 50.6 Å². The van der Waals surface area contributed by atoms with Crippen molar-refractivity contribution in [3.05, 3.63) is 41.0 Å². The van der Waals surface area contributed by atoms with Gasteiger partial charge in [-0.05, 0) is 30.9 Å². The predicted octanol–water partition coefficient (Wildman–Crippen LogP) is 4.90. The molecule has 7 nitrogen and oxygen atoms in total. The summed E-state index contributed by atoms with van der Waals surface area (Å²) < 4.78 is 12.7. The minimum atomic E-state index is 0.541. The number of hydrogen-bond acceptors (Lipinski definition) is 7. The maximum Gasteiger partial charge on any atom is 0.237 e. The lowest BCUT2D eigenvalue weighted by Gasteiger charge is -2.10. The zero-order valence-corrected chi connectivity index (χ0v) is 18.5. The van der Waals surface area contributed by atoms with Crippen LogP contribution in [0.5, 0.6) is 0 Å². The van der Waals surface area contributed by atoms with Crippen molar-refractivity contribution >= 4 is 23.4 Å². The first-order valence-corrected chi connectivity index (χ1v) is 11.1. The Labute approximate surface area is 180 Å². The van der Waals surface area contributed by atoms with Gasteiger partial charge in [-0.2, -0.15) is 4.98 Å². The lowest BCUT2D eigenvalue weighted by molar-refractivity contribution is 0.189. The molecule has 0 fully saturated rings. The van der Waals surface area contributed by atoms with Crippen molar-refractivity contribution in [3.8, 4) is 11.4 Å². The molecule has 2 aromatic heterocycles. The summed E-state index contributed by atoms with van der Waals surface area (Å²) in [4.78, 5) is 4.48. The molecule has 2 heterocycles. The molecule has 0 amide bonds. The third-order valence-corrected chi connectivity index (χ3v) is 5.62. The summed E-state index contributed by atoms with van der Waals surface area (Å²) in [6.07, 6.45) is 2.72. The summed E-state index contributed by atoms with van der Waals surface area (Å²) in [7, 11) is 1.70. The Morgan fingerprint density at radius 3 is 2.83 bits per heavy atom. The second-order valence-corrected chi connectivity index (χ2v) is 8.46. The molecule has 0 aliphatic rings. The molecule has 0 saturated carbocycles. The van der Waals surface area contributed by atoms with E-state index in [9.17, 15) is 0 Å². The number of benzene rings is 1. The first-order valence-electron chi connectivity index (χ1n) is 9.69. The molecule has 0 N–H and O–H groups in total. The third-order valence-electron chi connectivity index (χ3n) is 4.34. The van der Waals surface area contributed by atoms with Crippen LogP contribution in [0.25, 0.3) is 11.4 Å². The number of thioether (sulfide) groups is 1. The van der Waals surface area contributed by atoms with Gasteiger partial charge >= 0.3 is 0 Å². The van der Waals surface area contributed by atoms with Crippen molar-refractivity contribution in [2.75, 3.05) is 13.7 Å². The van der Waals surface area contributed by atoms with E-state index in [0.29, 0.717) is 29.2 Å². The molecule has 0 saturated heterocycles. The van der Waals surface area contributed by atoms with Gasteiger partial charge in [0.2, 0.25) is 5.89 Å². The number of halogens is 1. The van der Waals surface area contributed by atoms with Crippen molar-refractivity contribution in [1.29, 1.82) is 0 Å². The van der Waals surface area contributed by atoms with Gasteiger partial charge in [0, 0.05) is 32.2 Å². The molecule has 156 valence electrons. The molecule has 3 rings (SSSR count). The van der Waals surface area contributed by atoms with E-state index in [2.05, 4.69) is 38.8 Å². The van der Waals surface area contributed by atoms with Gasteiger partial charge in [0.15, 0.2) is 16.8 Å². The molecule has 0 atom stereocenters. The Kier molecular flexibility index (Phi) is 8.09. The summed E-state index contributed by atoms with van der Waals surface area (Å²) in [5.74, 6) is 3.25. The van der Waals surface area contributed by atoms with Gasteiger partial charge in [0.05, 0.1) is 10.8 Å². The molecule has 9 heteroatoms. The number of hydrogen-bond donors (Lipinski definition) is 0. The van der Waals surface area contributed by atoms with Crippen LogP contribution in [0.1, 0.15) is 38.4 Å². The highest BCUT2D eigenvalue weighted by Gasteiger charge is 2.17. The third kappa shape index (κ3) is 6.04. The van der Waals surface area contributed by atoms with E-state index >= 15 is 0 Å². The SMILES string of the molecule is COCCCn1c(SCc2nc(CCC(C)C)no2)nnc1-c1ccccc1Cl. The van der Waals surface area contributed by atoms with E-state index in [4.69, 9.17) is 20.9 Å². The standard InChI is InChI=1S/C20H26ClN5O2S/c1-14(2)9-10-17-22-18(28-25-17)13-29-20-24-23-19(26(20)11-6-12-27-3)15-7-4-5-8-16(15)21/h4-5,7-8,14H,6,9-13H2,1-3H3. The summed E-state index contributed by atoms with van der Waals surface area (Å²) in [6.45, 7) is 5.76. The molecule has 0 bridgehead atoms. The van der Waals surface area contributed by atoms with Gasteiger partial charge in [-0.15, -0.1) is 10.2 Å². The minimum Gasteiger partial charge on any atom is -0.385 e. The second kappa shape index (κ2) is 10.8. The lowest BCUT2D eigenvalue weighted by Crippen LogP contribution is -2.05. The molecule has 0 radical (unpaired) electrons. The number of aryl methyl sites for hydroxylation is 1. The highest BCUT2D eigenvalue weighted by molar-refractivity contribution is 7.98. The van der Waals surface area contributed by atoms with Crippen LogP contribution in [0.3, 0.4) is 0 Å². The zero-order chi connectivity index (χ0) is 20.6. The Bertz CT molecular complexity index is 912. The minimum absolute atomic E-state index is 0.541. The molecular formula is C20H26ClN5O2S. The molecule has 0 spiro atoms. The van der Waals surface area contributed by atoms with Crippen LogP contribution in [0, 0.1) is 5.92 Å². The van der Waals surface area contributed by atoms with Gasteiger partial charge < -0.3 is 13.8 Å². The Hall–Kier alpha value is -1.90. The quantitative estimate of drug-likeness (QED) is 0.313. The second-order valence-electron chi connectivity index (χ2n) is 7.11. The van der Waals surface area contributed by atoms with Crippen LogP contribution >= 0.6 is 23.4 Å². The van der Waals surface area contributed by atoms with Crippen LogP contribution in [-0.2, 0) is 23.5 Å². The molecule has 29 heavy (non-hydrogen) atoms. The van der Waals surface area contributed by atoms with E-state index in [1.807, 2.05) is 24.3 Å². The first-order chi connectivity index (χ1) is 14.1. The summed E-state index contributed by atoms with van der Waals surface area (Å²) in [6, 6.07) is 7.65. The molecule has 0 aliphatic carbocycles. The maximum absolute atomic E-state index is 6.38. The fourth-order valence-corrected chi connectivity index (χ4v) is 3.82. The van der Waals surface area contributed by atoms with Crippen molar-refractivity contribution in [3.63, 3.8) is 0 Å². The Balaban J connectivity index is 1.74. The van der Waals surface area contributed by atoms with Gasteiger partial charge in [0.1, 0.15) is 0 Å². The maximum atomic E-state index is 6.38. The Morgan fingerprint density at radius 2 is 2.07 bits per heavy atom. The lowest BCUT2D eigenvalue weighted by atomic mass is 10.1. The number of methoxy groups -OCH3 is 1. The van der Waals surface area contributed by atoms with Gasteiger partial charge in [0.25, 0.3) is 0 Å². The Morgan fingerprint density at radius 1 is 1.24 bits per heavy atom. The number of aromatic nitrogens is 5. The van der Waals surface area contributed by atoms with Crippen molar-refractivity contribution in [2.24, 2.45) is 5.92 Å². The molecule has 3 aromatic rings. The van der Waals surface area contributed by atoms with E-state index in [-0.39, 0.29) is 0 Å². The average Bonchev–Trinajstić information content (AvgIpc) is 3.32. The molecular weight excluding hydrogens is 410 g/mol. The van der Waals surface area contributed by atoms with E-state index in [1.54, 1.807) is 7.11 Å². The molecule has 1 aromatic carbocycles. The smallest absolute Gasteiger partial charge is 0.237 e. The normalized spacial score (nSPS) is 11.5. The van der Waals surface area contributed by atoms with Gasteiger partial charge in [-0.25, -0.2) is 0 Å². The van der Waals surface area contributed by atoms with Crippen LogP contribution in [0.2, 0.25) is 5.02 Å². The fourth-order valence-electron chi connectivity index (χ4n) is 2.80. The van der Waals surface area contributed by atoms with Crippen LogP contribution in [0.4, 0.5) is 0 Å². The topological polar surface area (TPSA) is 78.9 Å². The van der Waals surface area contributed by atoms with E-state index in [1.165, 1.54) is 11.8 Å². The van der Waals surface area contributed by atoms with Crippen molar-refractivity contribution < 1.29 is 9.26 Å². The van der Waals surface area contributed by atoms with Gasteiger partial charge in [-0.3, -0.25) is 0 Å². The highest BCUT2D eigenvalue weighted by atomic mass is 35.5. The summed E-state index contributed by atoms with van der Waals surface area (Å²) in [5, 5.41) is 14.3.